The van der Waals surface area contributed by atoms with E-state index in [4.69, 9.17) is 5.11 Å². The molecular formula is C13H15NO5S. The number of carboxylic acid groups (broad SMARTS) is 1. The first-order valence-corrected chi connectivity index (χ1v) is 7.48. The van der Waals surface area contributed by atoms with E-state index in [9.17, 15) is 18.3 Å². The first kappa shape index (κ1) is 14.5. The van der Waals surface area contributed by atoms with Gasteiger partial charge in [-0.05, 0) is 31.5 Å². The topological polar surface area (TPSA) is 94.9 Å². The molecule has 1 aromatic rings. The van der Waals surface area contributed by atoms with Crippen molar-refractivity contribution in [1.29, 1.82) is 0 Å². The van der Waals surface area contributed by atoms with Crippen molar-refractivity contribution in [3.05, 3.63) is 35.4 Å². The first-order valence-electron chi connectivity index (χ1n) is 6.04. The summed E-state index contributed by atoms with van der Waals surface area (Å²) in [6.07, 6.45) is 2.49. The van der Waals surface area contributed by atoms with Crippen LogP contribution < -0.4 is 0 Å². The minimum absolute atomic E-state index is 0.124. The van der Waals surface area contributed by atoms with Gasteiger partial charge in [0.05, 0.1) is 4.90 Å². The Hall–Kier alpha value is -1.86. The number of nitrogens with zero attached hydrogens (tertiary/aromatic N) is 1. The predicted molar refractivity (Wildman–Crippen MR) is 72.2 cm³/mol. The molecule has 0 saturated heterocycles. The lowest BCUT2D eigenvalue weighted by atomic mass is 10.1. The van der Waals surface area contributed by atoms with Gasteiger partial charge < -0.3 is 10.2 Å². The molecule has 0 aromatic heterocycles. The maximum atomic E-state index is 12.4. The molecule has 0 saturated carbocycles. The maximum absolute atomic E-state index is 12.4. The molecule has 108 valence electrons. The Morgan fingerprint density at radius 3 is 2.60 bits per heavy atom. The highest BCUT2D eigenvalue weighted by Crippen LogP contribution is 2.25. The highest BCUT2D eigenvalue weighted by molar-refractivity contribution is 7.89. The van der Waals surface area contributed by atoms with E-state index in [0.717, 1.165) is 17.7 Å². The molecule has 0 spiro atoms. The van der Waals surface area contributed by atoms with Crippen molar-refractivity contribution in [1.82, 2.24) is 4.31 Å². The second kappa shape index (κ2) is 5.26. The summed E-state index contributed by atoms with van der Waals surface area (Å²) in [7, 11) is -3.74. The molecule has 0 atom stereocenters. The Kier molecular flexibility index (Phi) is 3.82. The van der Waals surface area contributed by atoms with E-state index < -0.39 is 27.3 Å². The number of sulfonamides is 1. The number of carbonyl (C=O) groups is 1. The summed E-state index contributed by atoms with van der Waals surface area (Å²) >= 11 is 0. The van der Waals surface area contributed by atoms with E-state index >= 15 is 0 Å². The van der Waals surface area contributed by atoms with Crippen LogP contribution in [0.3, 0.4) is 0 Å². The monoisotopic (exact) mass is 297 g/mol. The van der Waals surface area contributed by atoms with Crippen molar-refractivity contribution >= 4 is 16.0 Å². The van der Waals surface area contributed by atoms with Gasteiger partial charge in [0.25, 0.3) is 0 Å². The van der Waals surface area contributed by atoms with Gasteiger partial charge >= 0.3 is 5.97 Å². The van der Waals surface area contributed by atoms with Crippen molar-refractivity contribution in [2.45, 2.75) is 18.2 Å². The smallest absolute Gasteiger partial charge is 0.339 e. The minimum atomic E-state index is -3.74. The molecule has 1 aliphatic rings. The minimum Gasteiger partial charge on any atom is -0.507 e. The van der Waals surface area contributed by atoms with E-state index in [-0.39, 0.29) is 11.4 Å². The van der Waals surface area contributed by atoms with Crippen molar-refractivity contribution < 1.29 is 23.4 Å². The zero-order valence-electron chi connectivity index (χ0n) is 10.9. The van der Waals surface area contributed by atoms with Gasteiger partial charge in [-0.25, -0.2) is 13.2 Å². The lowest BCUT2D eigenvalue weighted by Gasteiger charge is -2.24. The van der Waals surface area contributed by atoms with Gasteiger partial charge in [-0.2, -0.15) is 4.31 Å². The summed E-state index contributed by atoms with van der Waals surface area (Å²) in [5, 5.41) is 18.3. The van der Waals surface area contributed by atoms with Crippen LogP contribution in [0.2, 0.25) is 0 Å². The summed E-state index contributed by atoms with van der Waals surface area (Å²) in [5.41, 5.74) is 0.711. The van der Waals surface area contributed by atoms with Gasteiger partial charge in [0.2, 0.25) is 10.0 Å². The molecule has 0 aliphatic carbocycles. The van der Waals surface area contributed by atoms with Crippen molar-refractivity contribution in [3.8, 4) is 5.75 Å². The van der Waals surface area contributed by atoms with Crippen molar-refractivity contribution in [2.24, 2.45) is 0 Å². The number of phenols is 1. The molecule has 20 heavy (non-hydrogen) atoms. The average Bonchev–Trinajstić information content (AvgIpc) is 2.39. The quantitative estimate of drug-likeness (QED) is 0.823. The van der Waals surface area contributed by atoms with Gasteiger partial charge in [0.1, 0.15) is 11.3 Å². The third-order valence-corrected chi connectivity index (χ3v) is 5.10. The Bertz CT molecular complexity index is 678. The molecule has 0 bridgehead atoms. The molecular weight excluding hydrogens is 282 g/mol. The lowest BCUT2D eigenvalue weighted by Crippen LogP contribution is -2.34. The van der Waals surface area contributed by atoms with E-state index in [2.05, 4.69) is 0 Å². The molecule has 0 amide bonds. The number of hydrogen-bond donors (Lipinski definition) is 2. The third-order valence-electron chi connectivity index (χ3n) is 3.24. The number of rotatable bonds is 3. The average molecular weight is 297 g/mol. The number of hydrogen-bond acceptors (Lipinski definition) is 4. The van der Waals surface area contributed by atoms with E-state index in [1.807, 2.05) is 13.0 Å². The van der Waals surface area contributed by atoms with Crippen LogP contribution in [-0.2, 0) is 10.0 Å². The van der Waals surface area contributed by atoms with Gasteiger partial charge in [-0.3, -0.25) is 0 Å². The molecule has 0 unspecified atom stereocenters. The van der Waals surface area contributed by atoms with Crippen LogP contribution in [0.25, 0.3) is 0 Å². The Balaban J connectivity index is 2.40. The highest BCUT2D eigenvalue weighted by Gasteiger charge is 2.26. The predicted octanol–water partition coefficient (Wildman–Crippen LogP) is 1.43. The summed E-state index contributed by atoms with van der Waals surface area (Å²) < 4.78 is 26.1. The standard InChI is InChI=1S/C13H15NO5S/c1-9-4-6-14(7-5-9)20(18,19)10-2-3-12(15)11(8-10)13(16)17/h2-4,8,15H,5-7H2,1H3,(H,16,17). The van der Waals surface area contributed by atoms with Gasteiger partial charge in [-0.15, -0.1) is 0 Å². The molecule has 6 nitrogen and oxygen atoms in total. The molecule has 0 radical (unpaired) electrons. The largest absolute Gasteiger partial charge is 0.507 e. The van der Waals surface area contributed by atoms with Crippen LogP contribution in [-0.4, -0.2) is 42.0 Å². The first-order chi connectivity index (χ1) is 9.32. The van der Waals surface area contributed by atoms with Crippen LogP contribution in [0.1, 0.15) is 23.7 Å². The molecule has 1 heterocycles. The second-order valence-electron chi connectivity index (χ2n) is 4.65. The van der Waals surface area contributed by atoms with Gasteiger partial charge in [0.15, 0.2) is 0 Å². The molecule has 0 fully saturated rings. The summed E-state index contributed by atoms with van der Waals surface area (Å²) in [5.74, 6) is -1.82. The van der Waals surface area contributed by atoms with E-state index in [1.54, 1.807) is 0 Å². The molecule has 2 rings (SSSR count). The van der Waals surface area contributed by atoms with Crippen LogP contribution in [0.5, 0.6) is 5.75 Å². The van der Waals surface area contributed by atoms with Crippen molar-refractivity contribution in [2.75, 3.05) is 13.1 Å². The zero-order chi connectivity index (χ0) is 14.9. The van der Waals surface area contributed by atoms with Crippen molar-refractivity contribution in [3.63, 3.8) is 0 Å². The molecule has 7 heteroatoms. The SMILES string of the molecule is CC1=CCN(S(=O)(=O)c2ccc(O)c(C(=O)O)c2)CC1. The fourth-order valence-corrected chi connectivity index (χ4v) is 3.37. The number of aromatic hydroxyl groups is 1. The van der Waals surface area contributed by atoms with E-state index in [1.165, 1.54) is 10.4 Å². The molecule has 1 aliphatic heterocycles. The normalized spacial score (nSPS) is 16.8. The fourth-order valence-electron chi connectivity index (χ4n) is 1.97. The van der Waals surface area contributed by atoms with Gasteiger partial charge in [-0.1, -0.05) is 11.6 Å². The fraction of sp³-hybridized carbons (Fsp3) is 0.308. The Morgan fingerprint density at radius 1 is 1.35 bits per heavy atom. The molecule has 1 aromatic carbocycles. The Morgan fingerprint density at radius 2 is 2.05 bits per heavy atom. The highest BCUT2D eigenvalue weighted by atomic mass is 32.2. The Labute approximate surface area is 117 Å². The van der Waals surface area contributed by atoms with Gasteiger partial charge in [0, 0.05) is 13.1 Å². The number of aromatic carboxylic acids is 1. The number of benzene rings is 1. The summed E-state index contributed by atoms with van der Waals surface area (Å²) in [6, 6.07) is 3.28. The third kappa shape index (κ3) is 2.68. The zero-order valence-corrected chi connectivity index (χ0v) is 11.7. The van der Waals surface area contributed by atoms with Crippen LogP contribution in [0, 0.1) is 0 Å². The maximum Gasteiger partial charge on any atom is 0.339 e. The van der Waals surface area contributed by atoms with Crippen LogP contribution in [0.15, 0.2) is 34.7 Å². The van der Waals surface area contributed by atoms with Crippen LogP contribution in [0.4, 0.5) is 0 Å². The second-order valence-corrected chi connectivity index (χ2v) is 6.59. The lowest BCUT2D eigenvalue weighted by molar-refractivity contribution is 0.0693. The summed E-state index contributed by atoms with van der Waals surface area (Å²) in [4.78, 5) is 10.8. The van der Waals surface area contributed by atoms with E-state index in [0.29, 0.717) is 13.0 Å². The molecule has 2 N–H and O–H groups in total. The van der Waals surface area contributed by atoms with Crippen LogP contribution >= 0.6 is 0 Å². The summed E-state index contributed by atoms with van der Waals surface area (Å²) in [6.45, 7) is 2.58. The number of carboxylic acids is 1.